The van der Waals surface area contributed by atoms with E-state index < -0.39 is 0 Å². The molecule has 0 radical (unpaired) electrons. The molecule has 2 aromatic rings. The van der Waals surface area contributed by atoms with Crippen LogP contribution in [0.5, 0.6) is 0 Å². The van der Waals surface area contributed by atoms with Crippen molar-refractivity contribution in [3.63, 3.8) is 0 Å². The first-order valence-corrected chi connectivity index (χ1v) is 8.26. The summed E-state index contributed by atoms with van der Waals surface area (Å²) in [6.45, 7) is 0. The van der Waals surface area contributed by atoms with Gasteiger partial charge in [0.1, 0.15) is 5.69 Å². The molecule has 0 spiro atoms. The Bertz CT molecular complexity index is 671. The van der Waals surface area contributed by atoms with Gasteiger partial charge in [0.2, 0.25) is 0 Å². The van der Waals surface area contributed by atoms with Crippen molar-refractivity contribution in [3.8, 4) is 0 Å². The molecule has 1 aromatic carbocycles. The lowest BCUT2D eigenvalue weighted by Gasteiger charge is -2.27. The van der Waals surface area contributed by atoms with Gasteiger partial charge in [-0.3, -0.25) is 9.69 Å². The van der Waals surface area contributed by atoms with Gasteiger partial charge in [-0.2, -0.15) is 0 Å². The fourth-order valence-electron chi connectivity index (χ4n) is 3.21. The van der Waals surface area contributed by atoms with Gasteiger partial charge in [0.15, 0.2) is 0 Å². The molecule has 1 aliphatic carbocycles. The van der Waals surface area contributed by atoms with E-state index >= 15 is 0 Å². The maximum Gasteiger partial charge on any atom is 0.268 e. The molecular formula is C19H25N3O. The summed E-state index contributed by atoms with van der Waals surface area (Å²) in [5.74, 6) is 0.0361. The Kier molecular flexibility index (Phi) is 4.53. The van der Waals surface area contributed by atoms with E-state index in [0.717, 1.165) is 24.2 Å². The van der Waals surface area contributed by atoms with E-state index in [2.05, 4.69) is 54.6 Å². The Morgan fingerprint density at radius 1 is 1.17 bits per heavy atom. The normalized spacial score (nSPS) is 16.2. The second-order valence-corrected chi connectivity index (χ2v) is 6.58. The fraction of sp³-hybridized carbons (Fsp3) is 0.421. The number of carbonyl (C=O) groups is 1. The summed E-state index contributed by atoms with van der Waals surface area (Å²) in [5, 5.41) is 3.12. The number of benzene rings is 1. The van der Waals surface area contributed by atoms with Crippen molar-refractivity contribution in [2.24, 2.45) is 7.05 Å². The number of hydrogen-bond donors (Lipinski definition) is 1. The molecule has 1 aromatic heterocycles. The molecule has 0 bridgehead atoms. The lowest BCUT2D eigenvalue weighted by atomic mass is 9.93. The van der Waals surface area contributed by atoms with E-state index in [1.54, 1.807) is 0 Å². The molecule has 1 aliphatic rings. The van der Waals surface area contributed by atoms with Crippen molar-refractivity contribution < 1.29 is 4.79 Å². The van der Waals surface area contributed by atoms with Gasteiger partial charge in [-0.15, -0.1) is 0 Å². The van der Waals surface area contributed by atoms with Crippen molar-refractivity contribution in [1.82, 2.24) is 14.8 Å². The number of amides is 1. The van der Waals surface area contributed by atoms with Gasteiger partial charge in [0.05, 0.1) is 6.04 Å². The molecule has 0 aliphatic heterocycles. The van der Waals surface area contributed by atoms with Crippen LogP contribution in [0.3, 0.4) is 0 Å². The second-order valence-electron chi connectivity index (χ2n) is 6.58. The van der Waals surface area contributed by atoms with Crippen LogP contribution in [0, 0.1) is 0 Å². The number of rotatable bonds is 5. The lowest BCUT2D eigenvalue weighted by molar-refractivity contribution is 0.0908. The van der Waals surface area contributed by atoms with Crippen LogP contribution in [0.2, 0.25) is 0 Å². The smallest absolute Gasteiger partial charge is 0.268 e. The van der Waals surface area contributed by atoms with Crippen molar-refractivity contribution in [2.45, 2.75) is 31.3 Å². The van der Waals surface area contributed by atoms with Crippen molar-refractivity contribution in [2.75, 3.05) is 14.1 Å². The molecule has 4 heteroatoms. The Labute approximate surface area is 138 Å². The first-order valence-electron chi connectivity index (χ1n) is 8.26. The second kappa shape index (κ2) is 6.59. The lowest BCUT2D eigenvalue weighted by Crippen LogP contribution is -2.40. The average Bonchev–Trinajstić information content (AvgIpc) is 2.86. The number of hydrogen-bond acceptors (Lipinski definition) is 2. The van der Waals surface area contributed by atoms with Gasteiger partial charge in [-0.1, -0.05) is 30.3 Å². The Hall–Kier alpha value is -2.07. The third kappa shape index (κ3) is 3.17. The monoisotopic (exact) mass is 311 g/mol. The van der Waals surface area contributed by atoms with Crippen molar-refractivity contribution >= 4 is 5.91 Å². The van der Waals surface area contributed by atoms with E-state index in [1.807, 2.05) is 23.7 Å². The molecule has 0 saturated heterocycles. The standard InChI is InChI=1S/C19H25N3O/c1-21(2)18(14-8-5-4-6-9-14)16-12-13-17(22(16)3)19(23)20-15-10-7-11-15/h4-6,8-9,12-13,15,18H,7,10-11H2,1-3H3,(H,20,23). The average molecular weight is 311 g/mol. The highest BCUT2D eigenvalue weighted by Gasteiger charge is 2.25. The number of nitrogens with one attached hydrogen (secondary N) is 1. The molecule has 122 valence electrons. The van der Waals surface area contributed by atoms with Gasteiger partial charge in [0.25, 0.3) is 5.91 Å². The molecule has 23 heavy (non-hydrogen) atoms. The maximum atomic E-state index is 12.5. The summed E-state index contributed by atoms with van der Waals surface area (Å²) in [7, 11) is 6.11. The van der Waals surface area contributed by atoms with Crippen LogP contribution in [0.25, 0.3) is 0 Å². The zero-order chi connectivity index (χ0) is 16.4. The summed E-state index contributed by atoms with van der Waals surface area (Å²) in [4.78, 5) is 14.6. The van der Waals surface area contributed by atoms with Gasteiger partial charge in [0, 0.05) is 18.8 Å². The van der Waals surface area contributed by atoms with Crippen LogP contribution in [0.4, 0.5) is 0 Å². The number of carbonyl (C=O) groups excluding carboxylic acids is 1. The highest BCUT2D eigenvalue weighted by atomic mass is 16.2. The van der Waals surface area contributed by atoms with E-state index in [4.69, 9.17) is 0 Å². The van der Waals surface area contributed by atoms with Crippen molar-refractivity contribution in [1.29, 1.82) is 0 Å². The molecule has 4 nitrogen and oxygen atoms in total. The van der Waals surface area contributed by atoms with E-state index in [1.165, 1.54) is 12.0 Å². The Morgan fingerprint density at radius 3 is 2.43 bits per heavy atom. The molecule has 1 heterocycles. The first kappa shape index (κ1) is 15.8. The van der Waals surface area contributed by atoms with Gasteiger partial charge >= 0.3 is 0 Å². The van der Waals surface area contributed by atoms with Gasteiger partial charge in [-0.25, -0.2) is 0 Å². The minimum atomic E-state index is 0.0361. The molecule has 1 unspecified atom stereocenters. The summed E-state index contributed by atoms with van der Waals surface area (Å²) in [5.41, 5.74) is 3.08. The van der Waals surface area contributed by atoms with Crippen LogP contribution in [0.1, 0.15) is 47.1 Å². The van der Waals surface area contributed by atoms with Crippen LogP contribution >= 0.6 is 0 Å². The third-order valence-corrected chi connectivity index (χ3v) is 4.75. The zero-order valence-electron chi connectivity index (χ0n) is 14.1. The van der Waals surface area contributed by atoms with Crippen LogP contribution < -0.4 is 5.32 Å². The topological polar surface area (TPSA) is 37.3 Å². The minimum absolute atomic E-state index is 0.0361. The first-order chi connectivity index (χ1) is 11.1. The van der Waals surface area contributed by atoms with Crippen molar-refractivity contribution in [3.05, 3.63) is 59.4 Å². The molecule has 1 N–H and O–H groups in total. The summed E-state index contributed by atoms with van der Waals surface area (Å²) < 4.78 is 2.02. The van der Waals surface area contributed by atoms with Gasteiger partial charge in [-0.05, 0) is 51.1 Å². The van der Waals surface area contributed by atoms with Crippen LogP contribution in [-0.2, 0) is 7.05 Å². The minimum Gasteiger partial charge on any atom is -0.348 e. The fourth-order valence-corrected chi connectivity index (χ4v) is 3.21. The van der Waals surface area contributed by atoms with E-state index in [0.29, 0.717) is 6.04 Å². The molecular weight excluding hydrogens is 286 g/mol. The largest absolute Gasteiger partial charge is 0.348 e. The number of nitrogens with zero attached hydrogens (tertiary/aromatic N) is 2. The van der Waals surface area contributed by atoms with E-state index in [9.17, 15) is 4.79 Å². The van der Waals surface area contributed by atoms with Crippen LogP contribution in [-0.4, -0.2) is 35.5 Å². The quantitative estimate of drug-likeness (QED) is 0.922. The molecule has 1 amide bonds. The van der Waals surface area contributed by atoms with Crippen LogP contribution in [0.15, 0.2) is 42.5 Å². The number of aromatic nitrogens is 1. The maximum absolute atomic E-state index is 12.5. The third-order valence-electron chi connectivity index (χ3n) is 4.75. The molecule has 1 saturated carbocycles. The Balaban J connectivity index is 1.88. The highest BCUT2D eigenvalue weighted by molar-refractivity contribution is 5.93. The van der Waals surface area contributed by atoms with Gasteiger partial charge < -0.3 is 9.88 Å². The molecule has 3 rings (SSSR count). The zero-order valence-corrected chi connectivity index (χ0v) is 14.1. The molecule has 1 atom stereocenters. The predicted octanol–water partition coefficient (Wildman–Crippen LogP) is 2.96. The summed E-state index contributed by atoms with van der Waals surface area (Å²) in [6, 6.07) is 14.9. The van der Waals surface area contributed by atoms with E-state index in [-0.39, 0.29) is 11.9 Å². The summed E-state index contributed by atoms with van der Waals surface area (Å²) in [6.07, 6.45) is 3.43. The molecule has 1 fully saturated rings. The predicted molar refractivity (Wildman–Crippen MR) is 92.5 cm³/mol. The summed E-state index contributed by atoms with van der Waals surface area (Å²) >= 11 is 0. The SMILES string of the molecule is CN(C)C(c1ccccc1)c1ccc(C(=O)NC2CCC2)n1C. The Morgan fingerprint density at radius 2 is 1.87 bits per heavy atom. The highest BCUT2D eigenvalue weighted by Crippen LogP contribution is 2.28.